The molecule has 1 aliphatic rings. The van der Waals surface area contributed by atoms with Gasteiger partial charge in [-0.3, -0.25) is 9.59 Å². The highest BCUT2D eigenvalue weighted by atomic mass is 16.5. The molecule has 1 atom stereocenters. The van der Waals surface area contributed by atoms with E-state index < -0.39 is 6.04 Å². The van der Waals surface area contributed by atoms with E-state index in [9.17, 15) is 9.59 Å². The van der Waals surface area contributed by atoms with Gasteiger partial charge < -0.3 is 21.1 Å². The van der Waals surface area contributed by atoms with Gasteiger partial charge in [-0.2, -0.15) is 0 Å². The zero-order valence-electron chi connectivity index (χ0n) is 9.66. The van der Waals surface area contributed by atoms with Crippen LogP contribution in [0.1, 0.15) is 13.8 Å². The van der Waals surface area contributed by atoms with E-state index in [2.05, 4.69) is 10.6 Å². The number of hydrogen-bond donors (Lipinski definition) is 3. The van der Waals surface area contributed by atoms with E-state index >= 15 is 0 Å². The lowest BCUT2D eigenvalue weighted by Gasteiger charge is -2.26. The lowest BCUT2D eigenvalue weighted by molar-refractivity contribution is -0.129. The van der Waals surface area contributed by atoms with Gasteiger partial charge in [0.25, 0.3) is 0 Å². The molecule has 4 N–H and O–H groups in total. The van der Waals surface area contributed by atoms with Crippen LogP contribution in [0.4, 0.5) is 0 Å². The first-order valence-electron chi connectivity index (χ1n) is 5.41. The molecule has 6 heteroatoms. The van der Waals surface area contributed by atoms with Gasteiger partial charge in [0.05, 0.1) is 31.8 Å². The minimum Gasteiger partial charge on any atom is -0.377 e. The quantitative estimate of drug-likeness (QED) is 0.540. The molecule has 0 spiro atoms. The highest BCUT2D eigenvalue weighted by Crippen LogP contribution is 1.99. The monoisotopic (exact) mass is 229 g/mol. The first kappa shape index (κ1) is 12.9. The first-order valence-corrected chi connectivity index (χ1v) is 5.41. The number of amides is 2. The van der Waals surface area contributed by atoms with Crippen molar-refractivity contribution in [2.24, 2.45) is 11.7 Å². The van der Waals surface area contributed by atoms with Crippen molar-refractivity contribution >= 4 is 11.8 Å². The van der Waals surface area contributed by atoms with Crippen molar-refractivity contribution < 1.29 is 14.3 Å². The molecular weight excluding hydrogens is 210 g/mol. The zero-order chi connectivity index (χ0) is 12.1. The van der Waals surface area contributed by atoms with E-state index in [4.69, 9.17) is 10.5 Å². The van der Waals surface area contributed by atoms with Crippen LogP contribution in [0.15, 0.2) is 0 Å². The van der Waals surface area contributed by atoms with Crippen molar-refractivity contribution in [2.45, 2.75) is 25.9 Å². The molecule has 6 nitrogen and oxygen atoms in total. The molecule has 0 aromatic heterocycles. The minimum atomic E-state index is -0.570. The van der Waals surface area contributed by atoms with Crippen LogP contribution in [0.25, 0.3) is 0 Å². The van der Waals surface area contributed by atoms with Crippen molar-refractivity contribution in [1.82, 2.24) is 10.6 Å². The van der Waals surface area contributed by atoms with E-state index in [0.717, 1.165) is 0 Å². The summed E-state index contributed by atoms with van der Waals surface area (Å²) in [7, 11) is 0. The van der Waals surface area contributed by atoms with Gasteiger partial charge in [-0.05, 0) is 5.92 Å². The molecule has 0 saturated carbocycles. The van der Waals surface area contributed by atoms with Crippen LogP contribution in [0.5, 0.6) is 0 Å². The number of rotatable bonds is 5. The van der Waals surface area contributed by atoms with Crippen molar-refractivity contribution in [2.75, 3.05) is 19.8 Å². The van der Waals surface area contributed by atoms with Crippen LogP contribution >= 0.6 is 0 Å². The molecule has 1 aliphatic heterocycles. The zero-order valence-corrected chi connectivity index (χ0v) is 9.66. The third-order valence-electron chi connectivity index (χ3n) is 2.45. The molecular formula is C10H19N3O3. The van der Waals surface area contributed by atoms with Gasteiger partial charge in [0.2, 0.25) is 11.8 Å². The van der Waals surface area contributed by atoms with Gasteiger partial charge in [-0.25, -0.2) is 0 Å². The summed E-state index contributed by atoms with van der Waals surface area (Å²) in [6.07, 6.45) is 0. The van der Waals surface area contributed by atoms with Gasteiger partial charge in [-0.15, -0.1) is 0 Å². The largest absolute Gasteiger partial charge is 0.377 e. The van der Waals surface area contributed by atoms with Crippen molar-refractivity contribution in [1.29, 1.82) is 0 Å². The van der Waals surface area contributed by atoms with Gasteiger partial charge in [-0.1, -0.05) is 13.8 Å². The molecule has 1 fully saturated rings. The Bertz CT molecular complexity index is 264. The summed E-state index contributed by atoms with van der Waals surface area (Å²) in [5, 5.41) is 5.22. The molecule has 0 unspecified atom stereocenters. The van der Waals surface area contributed by atoms with Crippen LogP contribution in [0.3, 0.4) is 0 Å². The Balaban J connectivity index is 2.17. The lowest BCUT2D eigenvalue weighted by atomic mass is 10.1. The van der Waals surface area contributed by atoms with Gasteiger partial charge in [0.1, 0.15) is 0 Å². The molecule has 1 saturated heterocycles. The third-order valence-corrected chi connectivity index (χ3v) is 2.45. The van der Waals surface area contributed by atoms with E-state index in [1.165, 1.54) is 0 Å². The van der Waals surface area contributed by atoms with Crippen molar-refractivity contribution in [3.63, 3.8) is 0 Å². The molecule has 0 radical (unpaired) electrons. The molecule has 16 heavy (non-hydrogen) atoms. The van der Waals surface area contributed by atoms with E-state index in [0.29, 0.717) is 13.2 Å². The topological polar surface area (TPSA) is 93.5 Å². The number of nitrogens with one attached hydrogen (secondary N) is 2. The van der Waals surface area contributed by atoms with E-state index in [1.54, 1.807) is 0 Å². The molecule has 0 bridgehead atoms. The number of carbonyl (C=O) groups excluding carboxylic acids is 2. The minimum absolute atomic E-state index is 0.0320. The first-order chi connectivity index (χ1) is 7.50. The summed E-state index contributed by atoms with van der Waals surface area (Å²) >= 11 is 0. The fourth-order valence-corrected chi connectivity index (χ4v) is 1.19. The van der Waals surface area contributed by atoms with Gasteiger partial charge in [0.15, 0.2) is 0 Å². The molecule has 1 rings (SSSR count). The summed E-state index contributed by atoms with van der Waals surface area (Å²) in [6, 6.07) is -0.483. The Kier molecular flexibility index (Phi) is 4.70. The Hall–Kier alpha value is -1.14. The highest BCUT2D eigenvalue weighted by molar-refractivity contribution is 5.87. The summed E-state index contributed by atoms with van der Waals surface area (Å²) in [6.45, 7) is 4.78. The normalized spacial score (nSPS) is 17.8. The molecule has 2 amide bonds. The standard InChI is InChI=1S/C10H19N3O3/c1-6(2)9(11)10(15)12-3-8(14)13-7-4-16-5-7/h6-7,9H,3-5,11H2,1-2H3,(H,12,15)(H,13,14)/t9-/m0/s1. The Labute approximate surface area is 94.9 Å². The molecule has 1 heterocycles. The van der Waals surface area contributed by atoms with Gasteiger partial charge >= 0.3 is 0 Å². The smallest absolute Gasteiger partial charge is 0.239 e. The van der Waals surface area contributed by atoms with Gasteiger partial charge in [0, 0.05) is 0 Å². The maximum absolute atomic E-state index is 11.4. The summed E-state index contributed by atoms with van der Waals surface area (Å²) < 4.78 is 4.91. The Morgan fingerprint density at radius 1 is 1.44 bits per heavy atom. The maximum atomic E-state index is 11.4. The second kappa shape index (κ2) is 5.81. The number of carbonyl (C=O) groups is 2. The average Bonchev–Trinajstić information content (AvgIpc) is 2.18. The average molecular weight is 229 g/mol. The van der Waals surface area contributed by atoms with E-state index in [1.807, 2.05) is 13.8 Å². The summed E-state index contributed by atoms with van der Waals surface area (Å²) in [5.74, 6) is -0.448. The summed E-state index contributed by atoms with van der Waals surface area (Å²) in [4.78, 5) is 22.7. The van der Waals surface area contributed by atoms with Crippen LogP contribution in [0.2, 0.25) is 0 Å². The fourth-order valence-electron chi connectivity index (χ4n) is 1.19. The van der Waals surface area contributed by atoms with Crippen LogP contribution in [-0.4, -0.2) is 43.7 Å². The van der Waals surface area contributed by atoms with Crippen LogP contribution < -0.4 is 16.4 Å². The SMILES string of the molecule is CC(C)[C@H](N)C(=O)NCC(=O)NC1COC1. The van der Waals surface area contributed by atoms with Crippen LogP contribution in [0, 0.1) is 5.92 Å². The fraction of sp³-hybridized carbons (Fsp3) is 0.800. The third kappa shape index (κ3) is 3.79. The van der Waals surface area contributed by atoms with Crippen molar-refractivity contribution in [3.8, 4) is 0 Å². The highest BCUT2D eigenvalue weighted by Gasteiger charge is 2.21. The van der Waals surface area contributed by atoms with Crippen molar-refractivity contribution in [3.05, 3.63) is 0 Å². The summed E-state index contributed by atoms with van der Waals surface area (Å²) in [5.41, 5.74) is 5.62. The number of hydrogen-bond acceptors (Lipinski definition) is 4. The molecule has 0 aromatic carbocycles. The Morgan fingerprint density at radius 2 is 2.06 bits per heavy atom. The van der Waals surface area contributed by atoms with E-state index in [-0.39, 0.29) is 30.3 Å². The lowest BCUT2D eigenvalue weighted by Crippen LogP contribution is -2.52. The molecule has 0 aliphatic carbocycles. The predicted molar refractivity (Wildman–Crippen MR) is 58.6 cm³/mol. The molecule has 0 aromatic rings. The number of nitrogens with two attached hydrogens (primary N) is 1. The number of ether oxygens (including phenoxy) is 1. The second-order valence-corrected chi connectivity index (χ2v) is 4.29. The Morgan fingerprint density at radius 3 is 2.50 bits per heavy atom. The molecule has 92 valence electrons. The second-order valence-electron chi connectivity index (χ2n) is 4.29. The van der Waals surface area contributed by atoms with Crippen LogP contribution in [-0.2, 0) is 14.3 Å². The maximum Gasteiger partial charge on any atom is 0.239 e. The predicted octanol–water partition coefficient (Wildman–Crippen LogP) is -1.40.